The van der Waals surface area contributed by atoms with Gasteiger partial charge in [-0.2, -0.15) is 4.36 Å². The summed E-state index contributed by atoms with van der Waals surface area (Å²) >= 11 is 0. The molecule has 0 saturated carbocycles. The largest absolute Gasteiger partial charge is 0.272 e. The van der Waals surface area contributed by atoms with E-state index in [0.717, 1.165) is 0 Å². The highest BCUT2D eigenvalue weighted by Crippen LogP contribution is 2.23. The van der Waals surface area contributed by atoms with Crippen LogP contribution >= 0.6 is 0 Å². The van der Waals surface area contributed by atoms with Gasteiger partial charge >= 0.3 is 0 Å². The molecule has 1 aromatic rings. The van der Waals surface area contributed by atoms with Gasteiger partial charge in [-0.05, 0) is 19.1 Å². The second kappa shape index (κ2) is 3.98. The summed E-state index contributed by atoms with van der Waals surface area (Å²) in [6.45, 7) is 1.63. The third kappa shape index (κ3) is 3.32. The zero-order valence-electron chi connectivity index (χ0n) is 8.76. The van der Waals surface area contributed by atoms with Crippen LogP contribution in [0.3, 0.4) is 0 Å². The average molecular weight is 228 g/mol. The van der Waals surface area contributed by atoms with Gasteiger partial charge < -0.3 is 0 Å². The number of benzene rings is 1. The van der Waals surface area contributed by atoms with Crippen LogP contribution in [-0.2, 0) is 9.73 Å². The molecule has 0 amide bonds. The van der Waals surface area contributed by atoms with Crippen molar-refractivity contribution < 1.29 is 9.13 Å². The smallest absolute Gasteiger partial charge is 0.258 e. The van der Waals surface area contributed by atoms with Crippen LogP contribution in [0.15, 0.2) is 22.6 Å². The predicted molar refractivity (Wildman–Crippen MR) is 59.9 cm³/mol. The summed E-state index contributed by atoms with van der Waals surface area (Å²) in [6.07, 6.45) is 3.04. The Morgan fingerprint density at radius 2 is 2.00 bits per heavy atom. The van der Waals surface area contributed by atoms with Crippen molar-refractivity contribution in [2.75, 3.05) is 12.5 Å². The van der Waals surface area contributed by atoms with Crippen molar-refractivity contribution in [3.63, 3.8) is 0 Å². The van der Waals surface area contributed by atoms with E-state index in [4.69, 9.17) is 0 Å². The van der Waals surface area contributed by atoms with Gasteiger partial charge in [0.1, 0.15) is 0 Å². The maximum absolute atomic E-state index is 11.4. The molecule has 0 saturated heterocycles. The van der Waals surface area contributed by atoms with E-state index in [1.807, 2.05) is 0 Å². The van der Waals surface area contributed by atoms with Gasteiger partial charge in [0, 0.05) is 33.9 Å². The fourth-order valence-corrected chi connectivity index (χ4v) is 1.78. The van der Waals surface area contributed by atoms with Gasteiger partial charge in [-0.15, -0.1) is 0 Å². The molecule has 0 unspecified atom stereocenters. The van der Waals surface area contributed by atoms with Crippen molar-refractivity contribution in [3.05, 3.63) is 33.9 Å². The molecule has 0 aromatic heterocycles. The second-order valence-electron chi connectivity index (χ2n) is 3.50. The standard InChI is InChI=1S/C9H12N2O3S/c1-7-6-8(10-15(2,3)14)4-5-9(7)11(12)13/h4-6H,1-3H3. The first-order valence-corrected chi connectivity index (χ1v) is 6.55. The van der Waals surface area contributed by atoms with Crippen LogP contribution in [0.2, 0.25) is 0 Å². The van der Waals surface area contributed by atoms with Crippen LogP contribution in [0.5, 0.6) is 0 Å². The molecule has 15 heavy (non-hydrogen) atoms. The second-order valence-corrected chi connectivity index (χ2v) is 6.05. The fraction of sp³-hybridized carbons (Fsp3) is 0.333. The van der Waals surface area contributed by atoms with Gasteiger partial charge in [0.15, 0.2) is 0 Å². The normalized spacial score (nSPS) is 11.1. The van der Waals surface area contributed by atoms with Crippen LogP contribution in [0, 0.1) is 17.0 Å². The van der Waals surface area contributed by atoms with Gasteiger partial charge in [-0.25, -0.2) is 4.21 Å². The number of rotatable bonds is 2. The van der Waals surface area contributed by atoms with E-state index in [-0.39, 0.29) is 5.69 Å². The van der Waals surface area contributed by atoms with Crippen LogP contribution in [-0.4, -0.2) is 21.6 Å². The van der Waals surface area contributed by atoms with Gasteiger partial charge in [-0.1, -0.05) is 0 Å². The number of nitro benzene ring substituents is 1. The van der Waals surface area contributed by atoms with Crippen molar-refractivity contribution in [3.8, 4) is 0 Å². The summed E-state index contributed by atoms with van der Waals surface area (Å²) in [6, 6.07) is 4.43. The van der Waals surface area contributed by atoms with Crippen LogP contribution in [0.1, 0.15) is 5.56 Å². The Labute approximate surface area is 88.5 Å². The minimum absolute atomic E-state index is 0.0488. The number of nitrogens with zero attached hydrogens (tertiary/aromatic N) is 2. The molecule has 0 radical (unpaired) electrons. The number of hydrogen-bond donors (Lipinski definition) is 0. The highest BCUT2D eigenvalue weighted by atomic mass is 32.2. The Morgan fingerprint density at radius 1 is 1.40 bits per heavy atom. The van der Waals surface area contributed by atoms with E-state index in [0.29, 0.717) is 11.3 Å². The van der Waals surface area contributed by atoms with E-state index in [9.17, 15) is 14.3 Å². The summed E-state index contributed by atoms with van der Waals surface area (Å²) in [7, 11) is -2.22. The summed E-state index contributed by atoms with van der Waals surface area (Å²) in [5.74, 6) is 0. The minimum Gasteiger partial charge on any atom is -0.258 e. The number of aryl methyl sites for hydroxylation is 1. The third-order valence-corrected chi connectivity index (χ3v) is 2.35. The van der Waals surface area contributed by atoms with Crippen LogP contribution in [0.4, 0.5) is 11.4 Å². The molecule has 0 aliphatic rings. The molecule has 0 fully saturated rings. The summed E-state index contributed by atoms with van der Waals surface area (Å²) in [5.41, 5.74) is 1.07. The maximum Gasteiger partial charge on any atom is 0.272 e. The van der Waals surface area contributed by atoms with Crippen molar-refractivity contribution in [1.82, 2.24) is 0 Å². The van der Waals surface area contributed by atoms with Crippen LogP contribution in [0.25, 0.3) is 0 Å². The summed E-state index contributed by atoms with van der Waals surface area (Å²) in [5, 5.41) is 10.5. The SMILES string of the molecule is Cc1cc(N=S(C)(C)=O)ccc1[N+](=O)[O-]. The Balaban J connectivity index is 3.25. The topological polar surface area (TPSA) is 72.6 Å². The fourth-order valence-electron chi connectivity index (χ4n) is 1.16. The first kappa shape index (κ1) is 11.6. The molecule has 0 heterocycles. The Morgan fingerprint density at radius 3 is 2.40 bits per heavy atom. The summed E-state index contributed by atoms with van der Waals surface area (Å²) in [4.78, 5) is 10.1. The highest BCUT2D eigenvalue weighted by Gasteiger charge is 2.09. The molecule has 5 nitrogen and oxygen atoms in total. The van der Waals surface area contributed by atoms with Crippen molar-refractivity contribution in [2.24, 2.45) is 4.36 Å². The zero-order chi connectivity index (χ0) is 11.6. The molecule has 1 aromatic carbocycles. The van der Waals surface area contributed by atoms with E-state index in [1.165, 1.54) is 24.6 Å². The molecular formula is C9H12N2O3S. The maximum atomic E-state index is 11.4. The molecule has 0 bridgehead atoms. The molecule has 0 aliphatic carbocycles. The monoisotopic (exact) mass is 228 g/mol. The lowest BCUT2D eigenvalue weighted by Crippen LogP contribution is -1.92. The molecule has 6 heteroatoms. The first-order valence-electron chi connectivity index (χ1n) is 4.22. The Kier molecular flexibility index (Phi) is 3.09. The first-order chi connectivity index (χ1) is 6.79. The van der Waals surface area contributed by atoms with Gasteiger partial charge in [0.2, 0.25) is 0 Å². The van der Waals surface area contributed by atoms with E-state index < -0.39 is 14.7 Å². The van der Waals surface area contributed by atoms with Gasteiger partial charge in [0.25, 0.3) is 5.69 Å². The van der Waals surface area contributed by atoms with E-state index >= 15 is 0 Å². The highest BCUT2D eigenvalue weighted by molar-refractivity contribution is 7.92. The van der Waals surface area contributed by atoms with Gasteiger partial charge in [0.05, 0.1) is 10.6 Å². The lowest BCUT2D eigenvalue weighted by Gasteiger charge is -1.99. The molecule has 0 N–H and O–H groups in total. The Bertz CT molecular complexity index is 508. The van der Waals surface area contributed by atoms with Crippen molar-refractivity contribution in [2.45, 2.75) is 6.92 Å². The van der Waals surface area contributed by atoms with Crippen LogP contribution < -0.4 is 0 Å². The molecule has 1 rings (SSSR count). The molecule has 82 valence electrons. The molecule has 0 atom stereocenters. The number of hydrogen-bond acceptors (Lipinski definition) is 4. The Hall–Kier alpha value is -1.43. The minimum atomic E-state index is -2.22. The van der Waals surface area contributed by atoms with Gasteiger partial charge in [-0.3, -0.25) is 10.1 Å². The third-order valence-electron chi connectivity index (χ3n) is 1.70. The zero-order valence-corrected chi connectivity index (χ0v) is 9.58. The van der Waals surface area contributed by atoms with E-state index in [2.05, 4.69) is 4.36 Å². The molecular weight excluding hydrogens is 216 g/mol. The average Bonchev–Trinajstić information content (AvgIpc) is 1.99. The predicted octanol–water partition coefficient (Wildman–Crippen LogP) is 2.26. The molecule has 0 spiro atoms. The molecule has 0 aliphatic heterocycles. The van der Waals surface area contributed by atoms with Crippen molar-refractivity contribution in [1.29, 1.82) is 0 Å². The van der Waals surface area contributed by atoms with E-state index in [1.54, 1.807) is 13.0 Å². The quantitative estimate of drug-likeness (QED) is 0.575. The lowest BCUT2D eigenvalue weighted by atomic mass is 10.2. The summed E-state index contributed by atoms with van der Waals surface area (Å²) < 4.78 is 15.3. The van der Waals surface area contributed by atoms with Crippen molar-refractivity contribution >= 4 is 21.1 Å². The number of nitro groups is 1. The lowest BCUT2D eigenvalue weighted by molar-refractivity contribution is -0.385.